The van der Waals surface area contributed by atoms with Crippen molar-refractivity contribution in [3.8, 4) is 0 Å². The predicted octanol–water partition coefficient (Wildman–Crippen LogP) is 1.76. The molecule has 1 aromatic heterocycles. The largest absolute Gasteiger partial charge is 0.348 e. The molecule has 0 radical (unpaired) electrons. The summed E-state index contributed by atoms with van der Waals surface area (Å²) >= 11 is 0. The van der Waals surface area contributed by atoms with Crippen molar-refractivity contribution in [1.82, 2.24) is 25.7 Å². The third-order valence-corrected chi connectivity index (χ3v) is 5.60. The Hall–Kier alpha value is -2.18. The standard InChI is InChI=1S/C20H27N5O/c1-14-4-2-3-5-15(14)13-25-10-7-16(8-11-25)22-20(26)19-17-12-21-9-6-18(17)23-24-19/h2-5,16,21H,6-13H2,1H3,(H,22,26)(H,23,24). The second-order valence-electron chi connectivity index (χ2n) is 7.41. The van der Waals surface area contributed by atoms with E-state index < -0.39 is 0 Å². The summed E-state index contributed by atoms with van der Waals surface area (Å²) in [5.41, 5.74) is 5.44. The monoisotopic (exact) mass is 353 g/mol. The van der Waals surface area contributed by atoms with E-state index >= 15 is 0 Å². The first kappa shape index (κ1) is 17.2. The first-order valence-electron chi connectivity index (χ1n) is 9.55. The maximum Gasteiger partial charge on any atom is 0.272 e. The van der Waals surface area contributed by atoms with Crippen molar-refractivity contribution in [2.24, 2.45) is 0 Å². The van der Waals surface area contributed by atoms with Crippen LogP contribution in [-0.2, 0) is 19.5 Å². The Kier molecular flexibility index (Phi) is 5.04. The Labute approximate surface area is 154 Å². The van der Waals surface area contributed by atoms with Crippen LogP contribution in [0.3, 0.4) is 0 Å². The van der Waals surface area contributed by atoms with E-state index in [1.165, 1.54) is 11.1 Å². The van der Waals surface area contributed by atoms with Crippen LogP contribution in [0.1, 0.15) is 45.7 Å². The smallest absolute Gasteiger partial charge is 0.272 e. The molecule has 6 heteroatoms. The van der Waals surface area contributed by atoms with Gasteiger partial charge in [0.1, 0.15) is 0 Å². The lowest BCUT2D eigenvalue weighted by Crippen LogP contribution is -2.44. The molecule has 3 heterocycles. The number of benzene rings is 1. The molecular formula is C20H27N5O. The Morgan fingerprint density at radius 3 is 2.92 bits per heavy atom. The summed E-state index contributed by atoms with van der Waals surface area (Å²) in [6.45, 7) is 6.85. The molecule has 2 aromatic rings. The highest BCUT2D eigenvalue weighted by atomic mass is 16.2. The number of aromatic amines is 1. The third-order valence-electron chi connectivity index (χ3n) is 5.60. The molecule has 0 unspecified atom stereocenters. The zero-order valence-electron chi connectivity index (χ0n) is 15.3. The lowest BCUT2D eigenvalue weighted by molar-refractivity contribution is 0.0902. The molecule has 2 aliphatic rings. The maximum absolute atomic E-state index is 12.6. The third kappa shape index (κ3) is 3.66. The average Bonchev–Trinajstić information content (AvgIpc) is 3.09. The molecule has 2 aliphatic heterocycles. The molecule has 4 rings (SSSR count). The van der Waals surface area contributed by atoms with Crippen molar-refractivity contribution in [3.63, 3.8) is 0 Å². The van der Waals surface area contributed by atoms with E-state index in [1.807, 2.05) is 0 Å². The summed E-state index contributed by atoms with van der Waals surface area (Å²) in [4.78, 5) is 15.1. The molecule has 3 N–H and O–H groups in total. The number of carbonyl (C=O) groups excluding carboxylic acids is 1. The molecule has 26 heavy (non-hydrogen) atoms. The van der Waals surface area contributed by atoms with Crippen LogP contribution in [-0.4, -0.2) is 46.7 Å². The van der Waals surface area contributed by atoms with Crippen molar-refractivity contribution >= 4 is 5.91 Å². The van der Waals surface area contributed by atoms with Crippen molar-refractivity contribution in [3.05, 3.63) is 52.3 Å². The number of aromatic nitrogens is 2. The van der Waals surface area contributed by atoms with Crippen LogP contribution in [0.5, 0.6) is 0 Å². The summed E-state index contributed by atoms with van der Waals surface area (Å²) in [5.74, 6) is -0.0384. The van der Waals surface area contributed by atoms with Crippen LogP contribution in [0, 0.1) is 6.92 Å². The number of H-pyrrole nitrogens is 1. The second kappa shape index (κ2) is 7.60. The molecule has 1 fully saturated rings. The van der Waals surface area contributed by atoms with Gasteiger partial charge in [-0.1, -0.05) is 24.3 Å². The van der Waals surface area contributed by atoms with E-state index in [4.69, 9.17) is 0 Å². The number of aryl methyl sites for hydroxylation is 1. The topological polar surface area (TPSA) is 73.0 Å². The SMILES string of the molecule is Cc1ccccc1CN1CCC(NC(=O)c2n[nH]c3c2CNCC3)CC1. The quantitative estimate of drug-likeness (QED) is 0.783. The highest BCUT2D eigenvalue weighted by molar-refractivity contribution is 5.94. The number of amides is 1. The molecule has 1 amide bonds. The highest BCUT2D eigenvalue weighted by Crippen LogP contribution is 2.18. The van der Waals surface area contributed by atoms with Crippen molar-refractivity contribution in [1.29, 1.82) is 0 Å². The van der Waals surface area contributed by atoms with Crippen molar-refractivity contribution in [2.75, 3.05) is 19.6 Å². The maximum atomic E-state index is 12.6. The number of carbonyl (C=O) groups is 1. The van der Waals surface area contributed by atoms with Gasteiger partial charge in [0.25, 0.3) is 5.91 Å². The second-order valence-corrected chi connectivity index (χ2v) is 7.41. The molecule has 6 nitrogen and oxygen atoms in total. The average molecular weight is 353 g/mol. The molecule has 1 saturated heterocycles. The van der Waals surface area contributed by atoms with Gasteiger partial charge in [0.2, 0.25) is 0 Å². The van der Waals surface area contributed by atoms with E-state index in [2.05, 4.69) is 56.9 Å². The first-order chi connectivity index (χ1) is 12.7. The summed E-state index contributed by atoms with van der Waals surface area (Å²) in [7, 11) is 0. The molecule has 1 aromatic carbocycles. The van der Waals surface area contributed by atoms with Gasteiger partial charge in [0, 0.05) is 56.4 Å². The summed E-state index contributed by atoms with van der Waals surface area (Å²) in [6.07, 6.45) is 2.89. The summed E-state index contributed by atoms with van der Waals surface area (Å²) < 4.78 is 0. The van der Waals surface area contributed by atoms with Gasteiger partial charge in [-0.25, -0.2) is 0 Å². The van der Waals surface area contributed by atoms with Gasteiger partial charge in [-0.05, 0) is 30.9 Å². The molecule has 0 saturated carbocycles. The molecule has 0 atom stereocenters. The number of hydrogen-bond donors (Lipinski definition) is 3. The normalized spacial score (nSPS) is 18.5. The first-order valence-corrected chi connectivity index (χ1v) is 9.55. The number of nitrogens with one attached hydrogen (secondary N) is 3. The molecule has 0 bridgehead atoms. The summed E-state index contributed by atoms with van der Waals surface area (Å²) in [5, 5.41) is 13.8. The number of rotatable bonds is 4. The van der Waals surface area contributed by atoms with E-state index in [0.717, 1.165) is 63.2 Å². The van der Waals surface area contributed by atoms with Crippen LogP contribution in [0.15, 0.2) is 24.3 Å². The van der Waals surface area contributed by atoms with E-state index in [9.17, 15) is 4.79 Å². The number of piperidine rings is 1. The fourth-order valence-electron chi connectivity index (χ4n) is 3.93. The van der Waals surface area contributed by atoms with Crippen LogP contribution < -0.4 is 10.6 Å². The van der Waals surface area contributed by atoms with Gasteiger partial charge in [0.05, 0.1) is 0 Å². The Morgan fingerprint density at radius 2 is 2.12 bits per heavy atom. The number of hydrogen-bond acceptors (Lipinski definition) is 4. The van der Waals surface area contributed by atoms with Crippen molar-refractivity contribution in [2.45, 2.75) is 45.3 Å². The number of fused-ring (bicyclic) bond motifs is 1. The minimum absolute atomic E-state index is 0.0384. The van der Waals surface area contributed by atoms with E-state index in [-0.39, 0.29) is 11.9 Å². The number of likely N-dealkylation sites (tertiary alicyclic amines) is 1. The van der Waals surface area contributed by atoms with Crippen LogP contribution in [0.4, 0.5) is 0 Å². The summed E-state index contributed by atoms with van der Waals surface area (Å²) in [6, 6.07) is 8.80. The van der Waals surface area contributed by atoms with E-state index in [0.29, 0.717) is 5.69 Å². The van der Waals surface area contributed by atoms with Gasteiger partial charge >= 0.3 is 0 Å². The lowest BCUT2D eigenvalue weighted by Gasteiger charge is -2.32. The van der Waals surface area contributed by atoms with Gasteiger partial charge in [-0.15, -0.1) is 0 Å². The molecule has 138 valence electrons. The zero-order chi connectivity index (χ0) is 17.9. The lowest BCUT2D eigenvalue weighted by atomic mass is 10.0. The fourth-order valence-corrected chi connectivity index (χ4v) is 3.93. The predicted molar refractivity (Wildman–Crippen MR) is 101 cm³/mol. The Morgan fingerprint density at radius 1 is 1.31 bits per heavy atom. The van der Waals surface area contributed by atoms with Crippen LogP contribution in [0.2, 0.25) is 0 Å². The van der Waals surface area contributed by atoms with Gasteiger partial charge in [-0.3, -0.25) is 14.8 Å². The van der Waals surface area contributed by atoms with Gasteiger partial charge in [-0.2, -0.15) is 5.10 Å². The fraction of sp³-hybridized carbons (Fsp3) is 0.500. The van der Waals surface area contributed by atoms with E-state index in [1.54, 1.807) is 0 Å². The van der Waals surface area contributed by atoms with Gasteiger partial charge < -0.3 is 10.6 Å². The Bertz CT molecular complexity index is 776. The van der Waals surface area contributed by atoms with Crippen LogP contribution in [0.25, 0.3) is 0 Å². The highest BCUT2D eigenvalue weighted by Gasteiger charge is 2.25. The minimum Gasteiger partial charge on any atom is -0.348 e. The van der Waals surface area contributed by atoms with Crippen molar-refractivity contribution < 1.29 is 4.79 Å². The van der Waals surface area contributed by atoms with Crippen LogP contribution >= 0.6 is 0 Å². The molecule has 0 aliphatic carbocycles. The minimum atomic E-state index is -0.0384. The zero-order valence-corrected chi connectivity index (χ0v) is 15.3. The van der Waals surface area contributed by atoms with Gasteiger partial charge in [0.15, 0.2) is 5.69 Å². The molecular weight excluding hydrogens is 326 g/mol. The Balaban J connectivity index is 1.30. The number of nitrogens with zero attached hydrogens (tertiary/aromatic N) is 2. The molecule has 0 spiro atoms.